The number of benzene rings is 1. The van der Waals surface area contributed by atoms with Crippen LogP contribution in [0, 0.1) is 12.8 Å². The van der Waals surface area contributed by atoms with E-state index in [1.807, 2.05) is 11.8 Å². The van der Waals surface area contributed by atoms with E-state index in [1.165, 1.54) is 5.56 Å². The van der Waals surface area contributed by atoms with Crippen LogP contribution in [0.2, 0.25) is 0 Å². The van der Waals surface area contributed by atoms with Crippen LogP contribution >= 0.6 is 11.8 Å². The van der Waals surface area contributed by atoms with Crippen molar-refractivity contribution in [2.24, 2.45) is 10.9 Å². The van der Waals surface area contributed by atoms with E-state index in [4.69, 9.17) is 4.99 Å². The Kier molecular flexibility index (Phi) is 3.54. The van der Waals surface area contributed by atoms with Crippen molar-refractivity contribution in [3.8, 4) is 0 Å². The molecular weight excluding hydrogens is 216 g/mol. The summed E-state index contributed by atoms with van der Waals surface area (Å²) in [5.41, 5.74) is 2.43. The summed E-state index contributed by atoms with van der Waals surface area (Å²) in [6.45, 7) is 6.57. The Bertz CT molecular complexity index is 399. The molecule has 3 heteroatoms. The Morgan fingerprint density at radius 3 is 2.75 bits per heavy atom. The Morgan fingerprint density at radius 1 is 1.38 bits per heavy atom. The van der Waals surface area contributed by atoms with Crippen LogP contribution < -0.4 is 5.32 Å². The highest BCUT2D eigenvalue weighted by Crippen LogP contribution is 2.25. The van der Waals surface area contributed by atoms with Gasteiger partial charge >= 0.3 is 0 Å². The molecule has 1 heterocycles. The molecule has 1 N–H and O–H groups in total. The average molecular weight is 234 g/mol. The highest BCUT2D eigenvalue weighted by atomic mass is 32.2. The minimum atomic E-state index is 0.469. The molecule has 1 atom stereocenters. The van der Waals surface area contributed by atoms with Gasteiger partial charge in [0, 0.05) is 11.4 Å². The van der Waals surface area contributed by atoms with Crippen molar-refractivity contribution in [2.75, 3.05) is 11.1 Å². The third-order valence-corrected chi connectivity index (χ3v) is 3.82. The first-order valence-corrected chi connectivity index (χ1v) is 6.68. The van der Waals surface area contributed by atoms with E-state index in [2.05, 4.69) is 50.4 Å². The first-order chi connectivity index (χ1) is 7.66. The summed E-state index contributed by atoms with van der Waals surface area (Å²) in [6, 6.07) is 8.79. The highest BCUT2D eigenvalue weighted by molar-refractivity contribution is 8.14. The number of rotatable bonds is 2. The topological polar surface area (TPSA) is 24.4 Å². The van der Waals surface area contributed by atoms with Gasteiger partial charge in [-0.2, -0.15) is 0 Å². The summed E-state index contributed by atoms with van der Waals surface area (Å²) in [5.74, 6) is 1.73. The van der Waals surface area contributed by atoms with Gasteiger partial charge in [-0.15, -0.1) is 0 Å². The summed E-state index contributed by atoms with van der Waals surface area (Å²) in [6.07, 6.45) is 0. The summed E-state index contributed by atoms with van der Waals surface area (Å²) in [7, 11) is 0. The molecule has 0 aliphatic carbocycles. The molecule has 0 fully saturated rings. The number of thioether (sulfide) groups is 1. The lowest BCUT2D eigenvalue weighted by Crippen LogP contribution is -2.12. The number of aryl methyl sites for hydroxylation is 1. The first-order valence-electron chi connectivity index (χ1n) is 5.70. The third-order valence-electron chi connectivity index (χ3n) is 2.83. The fourth-order valence-electron chi connectivity index (χ4n) is 1.63. The fraction of sp³-hybridized carbons (Fsp3) is 0.462. The van der Waals surface area contributed by atoms with Crippen LogP contribution in [0.3, 0.4) is 0 Å². The van der Waals surface area contributed by atoms with Gasteiger partial charge in [0.1, 0.15) is 0 Å². The van der Waals surface area contributed by atoms with Gasteiger partial charge in [-0.25, -0.2) is 0 Å². The van der Waals surface area contributed by atoms with E-state index >= 15 is 0 Å². The van der Waals surface area contributed by atoms with Crippen LogP contribution in [-0.2, 0) is 0 Å². The molecule has 2 nitrogen and oxygen atoms in total. The zero-order valence-electron chi connectivity index (χ0n) is 10.0. The van der Waals surface area contributed by atoms with Crippen molar-refractivity contribution in [1.29, 1.82) is 0 Å². The molecule has 0 saturated heterocycles. The second-order valence-electron chi connectivity index (χ2n) is 4.50. The number of hydrogen-bond acceptors (Lipinski definition) is 3. The number of nitrogens with zero attached hydrogens (tertiary/aromatic N) is 1. The van der Waals surface area contributed by atoms with Crippen molar-refractivity contribution < 1.29 is 0 Å². The molecule has 0 spiro atoms. The smallest absolute Gasteiger partial charge is 0.161 e. The van der Waals surface area contributed by atoms with E-state index in [1.54, 1.807) is 0 Å². The number of hydrogen-bond donors (Lipinski definition) is 1. The third kappa shape index (κ3) is 2.59. The largest absolute Gasteiger partial charge is 0.335 e. The van der Waals surface area contributed by atoms with Gasteiger partial charge in [-0.3, -0.25) is 4.99 Å². The Hall–Kier alpha value is -0.960. The molecule has 0 radical (unpaired) electrons. The minimum Gasteiger partial charge on any atom is -0.335 e. The van der Waals surface area contributed by atoms with Gasteiger partial charge in [-0.1, -0.05) is 43.8 Å². The van der Waals surface area contributed by atoms with E-state index in [0.29, 0.717) is 12.0 Å². The van der Waals surface area contributed by atoms with Crippen LogP contribution in [0.25, 0.3) is 0 Å². The van der Waals surface area contributed by atoms with E-state index in [-0.39, 0.29) is 0 Å². The Balaban J connectivity index is 2.07. The van der Waals surface area contributed by atoms with Gasteiger partial charge in [0.2, 0.25) is 0 Å². The summed E-state index contributed by atoms with van der Waals surface area (Å²) >= 11 is 1.82. The molecule has 0 aromatic heterocycles. The van der Waals surface area contributed by atoms with Crippen LogP contribution in [0.4, 0.5) is 5.69 Å². The molecule has 0 saturated carbocycles. The normalized spacial score (nSPS) is 20.0. The number of aliphatic imine (C=N–C) groups is 1. The van der Waals surface area contributed by atoms with Crippen molar-refractivity contribution in [1.82, 2.24) is 0 Å². The lowest BCUT2D eigenvalue weighted by atomic mass is 10.1. The van der Waals surface area contributed by atoms with Gasteiger partial charge in [0.25, 0.3) is 0 Å². The van der Waals surface area contributed by atoms with Crippen LogP contribution in [0.15, 0.2) is 29.3 Å². The quantitative estimate of drug-likeness (QED) is 0.846. The summed E-state index contributed by atoms with van der Waals surface area (Å²) < 4.78 is 0. The molecule has 0 bridgehead atoms. The molecule has 86 valence electrons. The second-order valence-corrected chi connectivity index (χ2v) is 5.51. The first kappa shape index (κ1) is 11.5. The summed E-state index contributed by atoms with van der Waals surface area (Å²) in [4.78, 5) is 4.69. The molecule has 2 rings (SSSR count). The monoisotopic (exact) mass is 234 g/mol. The molecule has 1 aliphatic heterocycles. The van der Waals surface area contributed by atoms with E-state index < -0.39 is 0 Å². The lowest BCUT2D eigenvalue weighted by molar-refractivity contribution is 0.543. The maximum absolute atomic E-state index is 4.69. The average Bonchev–Trinajstić information content (AvgIpc) is 2.70. The highest BCUT2D eigenvalue weighted by Gasteiger charge is 2.21. The number of nitrogens with one attached hydrogen (secondary N) is 1. The maximum atomic E-state index is 4.69. The molecule has 1 aromatic carbocycles. The van der Waals surface area contributed by atoms with Crippen LogP contribution in [-0.4, -0.2) is 17.0 Å². The van der Waals surface area contributed by atoms with Gasteiger partial charge < -0.3 is 5.32 Å². The molecule has 0 amide bonds. The van der Waals surface area contributed by atoms with Crippen molar-refractivity contribution >= 4 is 22.6 Å². The molecule has 16 heavy (non-hydrogen) atoms. The standard InChI is InChI=1S/C13H18N2S/c1-9(2)12-8-16-13(15-12)14-11-7-5-4-6-10(11)3/h4-7,9,12H,8H2,1-3H3,(H,14,15). The molecule has 1 aliphatic rings. The molecule has 1 unspecified atom stereocenters. The molecule has 1 aromatic rings. The van der Waals surface area contributed by atoms with Crippen molar-refractivity contribution in [3.63, 3.8) is 0 Å². The Morgan fingerprint density at radius 2 is 2.12 bits per heavy atom. The zero-order chi connectivity index (χ0) is 11.5. The van der Waals surface area contributed by atoms with E-state index in [0.717, 1.165) is 16.6 Å². The predicted octanol–water partition coefficient (Wildman–Crippen LogP) is 3.53. The van der Waals surface area contributed by atoms with Gasteiger partial charge in [0.15, 0.2) is 5.17 Å². The lowest BCUT2D eigenvalue weighted by Gasteiger charge is -2.08. The SMILES string of the molecule is Cc1ccccc1NC1=NC(C(C)C)CS1. The van der Waals surface area contributed by atoms with Gasteiger partial charge in [0.05, 0.1) is 6.04 Å². The Labute approximate surface area is 102 Å². The minimum absolute atomic E-state index is 0.469. The van der Waals surface area contributed by atoms with Crippen molar-refractivity contribution in [3.05, 3.63) is 29.8 Å². The number of anilines is 1. The second kappa shape index (κ2) is 4.91. The summed E-state index contributed by atoms with van der Waals surface area (Å²) in [5, 5.41) is 4.47. The maximum Gasteiger partial charge on any atom is 0.161 e. The fourth-order valence-corrected chi connectivity index (χ4v) is 2.81. The van der Waals surface area contributed by atoms with Crippen LogP contribution in [0.5, 0.6) is 0 Å². The van der Waals surface area contributed by atoms with Gasteiger partial charge in [-0.05, 0) is 24.5 Å². The van der Waals surface area contributed by atoms with E-state index in [9.17, 15) is 0 Å². The molecular formula is C13H18N2S. The number of amidine groups is 1. The zero-order valence-corrected chi connectivity index (χ0v) is 10.8. The predicted molar refractivity (Wildman–Crippen MR) is 73.3 cm³/mol. The van der Waals surface area contributed by atoms with Crippen LogP contribution in [0.1, 0.15) is 19.4 Å². The number of para-hydroxylation sites is 1. The van der Waals surface area contributed by atoms with Crippen molar-refractivity contribution in [2.45, 2.75) is 26.8 Å².